The summed E-state index contributed by atoms with van der Waals surface area (Å²) in [5.74, 6) is -1.62. The van der Waals surface area contributed by atoms with Crippen LogP contribution in [-0.4, -0.2) is 23.8 Å². The maximum Gasteiger partial charge on any atom is 0.349 e. The zero-order valence-corrected chi connectivity index (χ0v) is 14.2. The topological polar surface area (TPSA) is 105 Å². The smallest absolute Gasteiger partial charge is 0.349 e. The number of hydrogen-bond donors (Lipinski definition) is 2. The number of amides is 3. The number of rotatable bonds is 2. The number of carbonyl (C=O) groups excluding carboxylic acids is 3. The number of piperidine rings is 1. The maximum atomic E-state index is 12.5. The van der Waals surface area contributed by atoms with Gasteiger partial charge in [0.2, 0.25) is 11.8 Å². The zero-order chi connectivity index (χ0) is 18.3. The van der Waals surface area contributed by atoms with Crippen molar-refractivity contribution in [2.45, 2.75) is 39.7 Å². The SMILES string of the molecule is Cc1cc2oc(=O)c(C(=O)NC3CCC(=O)NC3=O)c(C)c2cc1C. The van der Waals surface area contributed by atoms with Gasteiger partial charge in [-0.15, -0.1) is 0 Å². The summed E-state index contributed by atoms with van der Waals surface area (Å²) < 4.78 is 5.29. The molecule has 7 nitrogen and oxygen atoms in total. The van der Waals surface area contributed by atoms with E-state index in [0.29, 0.717) is 16.5 Å². The highest BCUT2D eigenvalue weighted by atomic mass is 16.4. The van der Waals surface area contributed by atoms with Gasteiger partial charge in [-0.1, -0.05) is 0 Å². The lowest BCUT2D eigenvalue weighted by molar-refractivity contribution is -0.134. The predicted octanol–water partition coefficient (Wildman–Crippen LogP) is 1.25. The number of benzene rings is 1. The third-order valence-electron chi connectivity index (χ3n) is 4.55. The molecule has 25 heavy (non-hydrogen) atoms. The van der Waals surface area contributed by atoms with Gasteiger partial charge >= 0.3 is 5.63 Å². The second-order valence-electron chi connectivity index (χ2n) is 6.30. The average Bonchev–Trinajstić information content (AvgIpc) is 2.52. The molecule has 1 aromatic heterocycles. The fourth-order valence-electron chi connectivity index (χ4n) is 2.93. The van der Waals surface area contributed by atoms with Crippen molar-refractivity contribution in [3.63, 3.8) is 0 Å². The summed E-state index contributed by atoms with van der Waals surface area (Å²) in [6, 6.07) is 2.78. The van der Waals surface area contributed by atoms with E-state index in [2.05, 4.69) is 10.6 Å². The van der Waals surface area contributed by atoms with Crippen LogP contribution >= 0.6 is 0 Å². The van der Waals surface area contributed by atoms with E-state index < -0.39 is 23.5 Å². The van der Waals surface area contributed by atoms with Gasteiger partial charge in [0.1, 0.15) is 17.2 Å². The molecule has 1 atom stereocenters. The Labute approximate surface area is 143 Å². The largest absolute Gasteiger partial charge is 0.422 e. The number of carbonyl (C=O) groups is 3. The van der Waals surface area contributed by atoms with Crippen LogP contribution in [0.2, 0.25) is 0 Å². The van der Waals surface area contributed by atoms with E-state index in [4.69, 9.17) is 4.42 Å². The van der Waals surface area contributed by atoms with E-state index in [1.807, 2.05) is 19.9 Å². The summed E-state index contributed by atoms with van der Waals surface area (Å²) in [6.07, 6.45) is 0.340. The van der Waals surface area contributed by atoms with Gasteiger partial charge in [-0.2, -0.15) is 0 Å². The molecule has 0 bridgehead atoms. The number of fused-ring (bicyclic) bond motifs is 1. The Morgan fingerprint density at radius 1 is 1.16 bits per heavy atom. The first-order valence-electron chi connectivity index (χ1n) is 7.97. The van der Waals surface area contributed by atoms with Crippen LogP contribution in [0.25, 0.3) is 11.0 Å². The van der Waals surface area contributed by atoms with Crippen molar-refractivity contribution in [3.8, 4) is 0 Å². The molecule has 0 aliphatic carbocycles. The molecule has 0 radical (unpaired) electrons. The quantitative estimate of drug-likeness (QED) is 0.631. The van der Waals surface area contributed by atoms with E-state index in [1.165, 1.54) is 0 Å². The van der Waals surface area contributed by atoms with E-state index in [0.717, 1.165) is 11.1 Å². The van der Waals surface area contributed by atoms with Crippen molar-refractivity contribution in [2.75, 3.05) is 0 Å². The van der Waals surface area contributed by atoms with Crippen LogP contribution in [-0.2, 0) is 9.59 Å². The van der Waals surface area contributed by atoms with Crippen molar-refractivity contribution in [2.24, 2.45) is 0 Å². The number of aryl methyl sites for hydroxylation is 3. The van der Waals surface area contributed by atoms with E-state index >= 15 is 0 Å². The molecule has 2 aromatic rings. The monoisotopic (exact) mass is 342 g/mol. The van der Waals surface area contributed by atoms with Gasteiger partial charge < -0.3 is 9.73 Å². The Bertz CT molecular complexity index is 974. The van der Waals surface area contributed by atoms with Crippen LogP contribution < -0.4 is 16.3 Å². The van der Waals surface area contributed by atoms with Gasteiger partial charge in [-0.05, 0) is 56.0 Å². The molecule has 1 aliphatic heterocycles. The minimum absolute atomic E-state index is 0.125. The summed E-state index contributed by atoms with van der Waals surface area (Å²) in [7, 11) is 0. The standard InChI is InChI=1S/C18H18N2O5/c1-8-6-11-10(3)15(18(24)25-13(11)7-9(8)2)17(23)19-12-4-5-14(21)20-16(12)22/h6-7,12H,4-5H2,1-3H3,(H,19,23)(H,20,21,22). The molecule has 7 heteroatoms. The first-order chi connectivity index (χ1) is 11.8. The van der Waals surface area contributed by atoms with Crippen LogP contribution in [0.3, 0.4) is 0 Å². The van der Waals surface area contributed by atoms with Crippen molar-refractivity contribution >= 4 is 28.7 Å². The number of imide groups is 1. The molecule has 2 heterocycles. The summed E-state index contributed by atoms with van der Waals surface area (Å²) in [5, 5.41) is 5.36. The molecule has 1 fully saturated rings. The molecule has 1 unspecified atom stereocenters. The molecular formula is C18H18N2O5. The highest BCUT2D eigenvalue weighted by molar-refractivity contribution is 6.05. The number of hydrogen-bond acceptors (Lipinski definition) is 5. The third-order valence-corrected chi connectivity index (χ3v) is 4.55. The van der Waals surface area contributed by atoms with Crippen LogP contribution in [0.15, 0.2) is 21.3 Å². The molecule has 1 aromatic carbocycles. The van der Waals surface area contributed by atoms with Crippen molar-refractivity contribution < 1.29 is 18.8 Å². The Morgan fingerprint density at radius 2 is 1.84 bits per heavy atom. The van der Waals surface area contributed by atoms with E-state index in [-0.39, 0.29) is 24.3 Å². The van der Waals surface area contributed by atoms with Gasteiger partial charge in [0.05, 0.1) is 0 Å². The first-order valence-corrected chi connectivity index (χ1v) is 7.97. The van der Waals surface area contributed by atoms with Crippen LogP contribution in [0, 0.1) is 20.8 Å². The highest BCUT2D eigenvalue weighted by Gasteiger charge is 2.29. The van der Waals surface area contributed by atoms with Crippen molar-refractivity contribution in [1.29, 1.82) is 0 Å². The summed E-state index contributed by atoms with van der Waals surface area (Å²) >= 11 is 0. The van der Waals surface area contributed by atoms with Crippen molar-refractivity contribution in [3.05, 3.63) is 44.8 Å². The van der Waals surface area contributed by atoms with Gasteiger partial charge in [0.25, 0.3) is 5.91 Å². The Morgan fingerprint density at radius 3 is 2.52 bits per heavy atom. The molecule has 0 spiro atoms. The molecule has 0 saturated carbocycles. The maximum absolute atomic E-state index is 12.5. The van der Waals surface area contributed by atoms with Crippen LogP contribution in [0.1, 0.15) is 39.9 Å². The fraction of sp³-hybridized carbons (Fsp3) is 0.333. The molecule has 130 valence electrons. The van der Waals surface area contributed by atoms with Gasteiger partial charge in [0.15, 0.2) is 0 Å². The molecular weight excluding hydrogens is 324 g/mol. The minimum Gasteiger partial charge on any atom is -0.422 e. The first kappa shape index (κ1) is 16.9. The predicted molar refractivity (Wildman–Crippen MR) is 90.3 cm³/mol. The molecule has 1 saturated heterocycles. The molecule has 1 aliphatic rings. The van der Waals surface area contributed by atoms with E-state index in [9.17, 15) is 19.2 Å². The minimum atomic E-state index is -0.848. The van der Waals surface area contributed by atoms with Crippen LogP contribution in [0.5, 0.6) is 0 Å². The Hall–Kier alpha value is -2.96. The molecule has 3 rings (SSSR count). The lowest BCUT2D eigenvalue weighted by Gasteiger charge is -2.22. The van der Waals surface area contributed by atoms with Gasteiger partial charge in [-0.25, -0.2) is 4.79 Å². The zero-order valence-electron chi connectivity index (χ0n) is 14.2. The summed E-state index contributed by atoms with van der Waals surface area (Å²) in [4.78, 5) is 47.8. The van der Waals surface area contributed by atoms with E-state index in [1.54, 1.807) is 13.0 Å². The molecule has 3 amide bonds. The average molecular weight is 342 g/mol. The summed E-state index contributed by atoms with van der Waals surface area (Å²) in [5.41, 5.74) is 2.04. The van der Waals surface area contributed by atoms with Crippen LogP contribution in [0.4, 0.5) is 0 Å². The lowest BCUT2D eigenvalue weighted by Crippen LogP contribution is -2.52. The third kappa shape index (κ3) is 3.05. The lowest BCUT2D eigenvalue weighted by atomic mass is 10.00. The molecule has 2 N–H and O–H groups in total. The van der Waals surface area contributed by atoms with Gasteiger partial charge in [-0.3, -0.25) is 19.7 Å². The highest BCUT2D eigenvalue weighted by Crippen LogP contribution is 2.23. The second kappa shape index (κ2) is 6.16. The Kier molecular flexibility index (Phi) is 4.16. The normalized spacial score (nSPS) is 17.5. The summed E-state index contributed by atoms with van der Waals surface area (Å²) in [6.45, 7) is 5.52. The number of nitrogens with one attached hydrogen (secondary N) is 2. The van der Waals surface area contributed by atoms with Gasteiger partial charge in [0, 0.05) is 11.8 Å². The van der Waals surface area contributed by atoms with Crippen molar-refractivity contribution in [1.82, 2.24) is 10.6 Å². The fourth-order valence-corrected chi connectivity index (χ4v) is 2.93. The second-order valence-corrected chi connectivity index (χ2v) is 6.30. The Balaban J connectivity index is 1.99.